The molecule has 0 spiro atoms. The van der Waals surface area contributed by atoms with Crippen molar-refractivity contribution in [3.63, 3.8) is 0 Å². The van der Waals surface area contributed by atoms with Gasteiger partial charge in [0.15, 0.2) is 5.13 Å². The van der Waals surface area contributed by atoms with Crippen LogP contribution in [-0.2, 0) is 5.41 Å². The molecule has 1 aromatic carbocycles. The number of aromatic nitrogens is 3. The van der Waals surface area contributed by atoms with Crippen LogP contribution in [0.5, 0.6) is 0 Å². The first-order valence-electron chi connectivity index (χ1n) is 8.29. The van der Waals surface area contributed by atoms with Crippen LogP contribution in [0.4, 0.5) is 5.13 Å². The van der Waals surface area contributed by atoms with Gasteiger partial charge in [0.25, 0.3) is 11.5 Å². The highest BCUT2D eigenvalue weighted by molar-refractivity contribution is 9.10. The summed E-state index contributed by atoms with van der Waals surface area (Å²) in [6.45, 7) is 7.50. The standard InChI is InChI=1S/C19H19BrN4O2S/c1-10-14(15(25)23-17(21-10)19(2,3)4)16(26)24-18-22-13(9-27-18)11-6-5-7-12(20)8-11/h5-9H,1-4H3,(H,21,23,25)(H,22,24,26). The van der Waals surface area contributed by atoms with Crippen LogP contribution < -0.4 is 10.9 Å². The lowest BCUT2D eigenvalue weighted by molar-refractivity contribution is 0.102. The molecule has 0 fully saturated rings. The normalized spacial score (nSPS) is 11.4. The Morgan fingerprint density at radius 1 is 1.26 bits per heavy atom. The summed E-state index contributed by atoms with van der Waals surface area (Å²) in [5, 5.41) is 4.98. The molecule has 2 aromatic heterocycles. The Morgan fingerprint density at radius 2 is 2.00 bits per heavy atom. The van der Waals surface area contributed by atoms with Gasteiger partial charge in [0.2, 0.25) is 0 Å². The van der Waals surface area contributed by atoms with Gasteiger partial charge in [0.1, 0.15) is 11.4 Å². The van der Waals surface area contributed by atoms with E-state index in [4.69, 9.17) is 0 Å². The average molecular weight is 447 g/mol. The number of carbonyl (C=O) groups is 1. The summed E-state index contributed by atoms with van der Waals surface area (Å²) in [6.07, 6.45) is 0. The van der Waals surface area contributed by atoms with Crippen LogP contribution in [-0.4, -0.2) is 20.9 Å². The Labute approximate surface area is 169 Å². The van der Waals surface area contributed by atoms with Crippen LogP contribution in [0.15, 0.2) is 38.9 Å². The molecule has 1 amide bonds. The molecule has 0 aliphatic rings. The van der Waals surface area contributed by atoms with Crippen LogP contribution in [0.1, 0.15) is 42.6 Å². The highest BCUT2D eigenvalue weighted by Gasteiger charge is 2.22. The number of hydrogen-bond donors (Lipinski definition) is 2. The maximum Gasteiger partial charge on any atom is 0.264 e. The summed E-state index contributed by atoms with van der Waals surface area (Å²) < 4.78 is 0.950. The molecule has 8 heteroatoms. The van der Waals surface area contributed by atoms with E-state index in [1.807, 2.05) is 50.4 Å². The number of H-pyrrole nitrogens is 1. The predicted molar refractivity (Wildman–Crippen MR) is 111 cm³/mol. The minimum atomic E-state index is -0.517. The van der Waals surface area contributed by atoms with Gasteiger partial charge < -0.3 is 4.98 Å². The zero-order chi connectivity index (χ0) is 19.8. The van der Waals surface area contributed by atoms with E-state index >= 15 is 0 Å². The van der Waals surface area contributed by atoms with Gasteiger partial charge in [-0.15, -0.1) is 11.3 Å². The molecular formula is C19H19BrN4O2S. The number of carbonyl (C=O) groups excluding carboxylic acids is 1. The maximum absolute atomic E-state index is 12.6. The van der Waals surface area contributed by atoms with E-state index in [1.165, 1.54) is 11.3 Å². The van der Waals surface area contributed by atoms with Crippen molar-refractivity contribution in [2.45, 2.75) is 33.1 Å². The van der Waals surface area contributed by atoms with Gasteiger partial charge in [0.05, 0.1) is 11.4 Å². The van der Waals surface area contributed by atoms with E-state index in [-0.39, 0.29) is 11.0 Å². The lowest BCUT2D eigenvalue weighted by Gasteiger charge is -2.18. The monoisotopic (exact) mass is 446 g/mol. The number of halogens is 1. The summed E-state index contributed by atoms with van der Waals surface area (Å²) in [5.74, 6) is 0.0320. The molecule has 27 heavy (non-hydrogen) atoms. The number of rotatable bonds is 3. The minimum Gasteiger partial charge on any atom is -0.309 e. The molecule has 0 bridgehead atoms. The molecule has 3 rings (SSSR count). The molecule has 2 N–H and O–H groups in total. The van der Waals surface area contributed by atoms with Crippen molar-refractivity contribution in [3.8, 4) is 11.3 Å². The Morgan fingerprint density at radius 3 is 2.63 bits per heavy atom. The zero-order valence-corrected chi connectivity index (χ0v) is 17.8. The molecule has 0 unspecified atom stereocenters. The third-order valence-electron chi connectivity index (χ3n) is 3.88. The zero-order valence-electron chi connectivity index (χ0n) is 15.4. The van der Waals surface area contributed by atoms with Gasteiger partial charge in [-0.1, -0.05) is 48.8 Å². The van der Waals surface area contributed by atoms with Gasteiger partial charge in [-0.2, -0.15) is 0 Å². The second kappa shape index (κ2) is 7.36. The number of benzene rings is 1. The molecular weight excluding hydrogens is 428 g/mol. The van der Waals surface area contributed by atoms with Gasteiger partial charge in [-0.3, -0.25) is 14.9 Å². The Bertz CT molecular complexity index is 1070. The van der Waals surface area contributed by atoms with Crippen LogP contribution in [0.25, 0.3) is 11.3 Å². The Kier molecular flexibility index (Phi) is 5.30. The van der Waals surface area contributed by atoms with E-state index in [0.717, 1.165) is 15.7 Å². The molecule has 0 radical (unpaired) electrons. The van der Waals surface area contributed by atoms with Gasteiger partial charge in [-0.25, -0.2) is 9.97 Å². The molecule has 0 saturated carbocycles. The number of thiazole rings is 1. The lowest BCUT2D eigenvalue weighted by atomic mass is 9.95. The largest absolute Gasteiger partial charge is 0.309 e. The number of nitrogens with zero attached hydrogens (tertiary/aromatic N) is 2. The van der Waals surface area contributed by atoms with Crippen molar-refractivity contribution in [1.82, 2.24) is 15.0 Å². The topological polar surface area (TPSA) is 87.7 Å². The average Bonchev–Trinajstić information content (AvgIpc) is 3.01. The van der Waals surface area contributed by atoms with Crippen molar-refractivity contribution in [2.24, 2.45) is 0 Å². The van der Waals surface area contributed by atoms with Crippen molar-refractivity contribution < 1.29 is 4.79 Å². The van der Waals surface area contributed by atoms with Crippen molar-refractivity contribution in [1.29, 1.82) is 0 Å². The van der Waals surface area contributed by atoms with Gasteiger partial charge in [0, 0.05) is 20.8 Å². The first kappa shape index (κ1) is 19.4. The van der Waals surface area contributed by atoms with E-state index in [2.05, 4.69) is 36.2 Å². The first-order chi connectivity index (χ1) is 12.6. The number of hydrogen-bond acceptors (Lipinski definition) is 5. The van der Waals surface area contributed by atoms with Crippen LogP contribution in [0.3, 0.4) is 0 Å². The molecule has 3 aromatic rings. The Balaban J connectivity index is 1.86. The predicted octanol–water partition coefficient (Wildman–Crippen LogP) is 4.51. The molecule has 0 atom stereocenters. The second-order valence-electron chi connectivity index (χ2n) is 7.13. The van der Waals surface area contributed by atoms with Crippen molar-refractivity contribution in [3.05, 3.63) is 61.6 Å². The molecule has 0 saturated heterocycles. The molecule has 2 heterocycles. The van der Waals surface area contributed by atoms with E-state index < -0.39 is 11.5 Å². The molecule has 140 valence electrons. The third-order valence-corrected chi connectivity index (χ3v) is 5.13. The fourth-order valence-corrected chi connectivity index (χ4v) is 3.59. The highest BCUT2D eigenvalue weighted by atomic mass is 79.9. The van der Waals surface area contributed by atoms with Crippen molar-refractivity contribution >= 4 is 38.3 Å². The lowest BCUT2D eigenvalue weighted by Crippen LogP contribution is -2.30. The van der Waals surface area contributed by atoms with Gasteiger partial charge in [-0.05, 0) is 19.1 Å². The number of aryl methyl sites for hydroxylation is 1. The quantitative estimate of drug-likeness (QED) is 0.618. The number of amides is 1. The van der Waals surface area contributed by atoms with E-state index in [0.29, 0.717) is 16.6 Å². The molecule has 0 aliphatic carbocycles. The highest BCUT2D eigenvalue weighted by Crippen LogP contribution is 2.27. The number of anilines is 1. The minimum absolute atomic E-state index is 0.00204. The summed E-state index contributed by atoms with van der Waals surface area (Å²) in [4.78, 5) is 36.6. The van der Waals surface area contributed by atoms with E-state index in [9.17, 15) is 9.59 Å². The third kappa shape index (κ3) is 4.33. The van der Waals surface area contributed by atoms with Crippen LogP contribution in [0.2, 0.25) is 0 Å². The second-order valence-corrected chi connectivity index (χ2v) is 8.90. The fourth-order valence-electron chi connectivity index (χ4n) is 2.48. The summed E-state index contributed by atoms with van der Waals surface area (Å²) >= 11 is 4.73. The number of nitrogens with one attached hydrogen (secondary N) is 2. The maximum atomic E-state index is 12.6. The van der Waals surface area contributed by atoms with Gasteiger partial charge >= 0.3 is 0 Å². The SMILES string of the molecule is Cc1nc(C(C)(C)C)[nH]c(=O)c1C(=O)Nc1nc(-c2cccc(Br)c2)cs1. The summed E-state index contributed by atoms with van der Waals surface area (Å²) in [6, 6.07) is 7.74. The summed E-state index contributed by atoms with van der Waals surface area (Å²) in [5.41, 5.74) is 1.32. The first-order valence-corrected chi connectivity index (χ1v) is 9.96. The molecule has 0 aliphatic heterocycles. The van der Waals surface area contributed by atoms with E-state index in [1.54, 1.807) is 6.92 Å². The Hall–Kier alpha value is -2.32. The fraction of sp³-hybridized carbons (Fsp3) is 0.263. The van der Waals surface area contributed by atoms with Crippen molar-refractivity contribution in [2.75, 3.05) is 5.32 Å². The number of aromatic amines is 1. The smallest absolute Gasteiger partial charge is 0.264 e. The van der Waals surface area contributed by atoms with Crippen LogP contribution >= 0.6 is 27.3 Å². The summed E-state index contributed by atoms with van der Waals surface area (Å²) in [7, 11) is 0. The molecule has 6 nitrogen and oxygen atoms in total. The van der Waals surface area contributed by atoms with Crippen LogP contribution in [0, 0.1) is 6.92 Å².